The fourth-order valence-electron chi connectivity index (χ4n) is 2.04. The molecule has 0 aliphatic heterocycles. The molecular formula is C15H31O7P. The number of carbonyl (C=O) groups is 1. The fourth-order valence-corrected chi connectivity index (χ4v) is 2.81. The average molecular weight is 354 g/mol. The van der Waals surface area contributed by atoms with Gasteiger partial charge in [0, 0.05) is 0 Å². The summed E-state index contributed by atoms with van der Waals surface area (Å²) in [5.41, 5.74) is 0. The summed E-state index contributed by atoms with van der Waals surface area (Å²) >= 11 is 0. The number of rotatable bonds is 15. The number of hydrogen-bond acceptors (Lipinski definition) is 6. The predicted octanol–water partition coefficient (Wildman–Crippen LogP) is 2.92. The van der Waals surface area contributed by atoms with Gasteiger partial charge in [0.2, 0.25) is 0 Å². The van der Waals surface area contributed by atoms with E-state index in [0.717, 1.165) is 19.3 Å². The minimum Gasteiger partial charge on any atom is -0.393 e. The zero-order chi connectivity index (χ0) is 17.6. The third-order valence-electron chi connectivity index (χ3n) is 3.40. The van der Waals surface area contributed by atoms with Crippen molar-refractivity contribution in [3.05, 3.63) is 0 Å². The SMILES string of the molecule is CCCCCCCCCCCCOP(=O)(O)OC(=O)C(O)CO. The van der Waals surface area contributed by atoms with Gasteiger partial charge in [0.1, 0.15) is 0 Å². The van der Waals surface area contributed by atoms with Crippen LogP contribution in [0, 0.1) is 0 Å². The quantitative estimate of drug-likeness (QED) is 0.306. The molecule has 2 atom stereocenters. The number of phosphoric acid groups is 1. The molecule has 2 unspecified atom stereocenters. The van der Waals surface area contributed by atoms with Crippen LogP contribution in [-0.4, -0.2) is 40.4 Å². The van der Waals surface area contributed by atoms with Gasteiger partial charge in [-0.25, -0.2) is 9.36 Å². The maximum atomic E-state index is 11.4. The van der Waals surface area contributed by atoms with Gasteiger partial charge in [-0.05, 0) is 6.42 Å². The van der Waals surface area contributed by atoms with E-state index in [1.165, 1.54) is 38.5 Å². The Morgan fingerprint density at radius 3 is 1.96 bits per heavy atom. The molecule has 0 rings (SSSR count). The first kappa shape index (κ1) is 22.5. The smallest absolute Gasteiger partial charge is 0.393 e. The van der Waals surface area contributed by atoms with E-state index < -0.39 is 26.5 Å². The number of carbonyl (C=O) groups excluding carboxylic acids is 1. The van der Waals surface area contributed by atoms with Crippen LogP contribution < -0.4 is 0 Å². The maximum absolute atomic E-state index is 11.4. The average Bonchev–Trinajstić information content (AvgIpc) is 2.51. The molecule has 0 aliphatic carbocycles. The molecule has 138 valence electrons. The van der Waals surface area contributed by atoms with Crippen molar-refractivity contribution in [1.29, 1.82) is 0 Å². The first-order valence-corrected chi connectivity index (χ1v) is 9.92. The van der Waals surface area contributed by atoms with Crippen LogP contribution in [-0.2, 0) is 18.4 Å². The summed E-state index contributed by atoms with van der Waals surface area (Å²) < 4.78 is 20.2. The summed E-state index contributed by atoms with van der Waals surface area (Å²) in [4.78, 5) is 20.3. The van der Waals surface area contributed by atoms with Crippen molar-refractivity contribution in [3.8, 4) is 0 Å². The third-order valence-corrected chi connectivity index (χ3v) is 4.32. The molecule has 0 spiro atoms. The first-order chi connectivity index (χ1) is 10.9. The molecular weight excluding hydrogens is 323 g/mol. The predicted molar refractivity (Wildman–Crippen MR) is 86.8 cm³/mol. The fraction of sp³-hybridized carbons (Fsp3) is 0.933. The molecule has 0 saturated heterocycles. The zero-order valence-corrected chi connectivity index (χ0v) is 14.9. The molecule has 3 N–H and O–H groups in total. The van der Waals surface area contributed by atoms with Crippen LogP contribution >= 0.6 is 7.82 Å². The van der Waals surface area contributed by atoms with Gasteiger partial charge in [0.25, 0.3) is 0 Å². The molecule has 0 fully saturated rings. The first-order valence-electron chi connectivity index (χ1n) is 8.42. The molecule has 0 amide bonds. The summed E-state index contributed by atoms with van der Waals surface area (Å²) in [5.74, 6) is -1.37. The number of hydrogen-bond donors (Lipinski definition) is 3. The van der Waals surface area contributed by atoms with Crippen LogP contribution in [0.3, 0.4) is 0 Å². The van der Waals surface area contributed by atoms with Gasteiger partial charge in [0.15, 0.2) is 6.10 Å². The molecule has 7 nitrogen and oxygen atoms in total. The van der Waals surface area contributed by atoms with E-state index in [1.807, 2.05) is 0 Å². The Morgan fingerprint density at radius 2 is 1.48 bits per heavy atom. The van der Waals surface area contributed by atoms with Crippen molar-refractivity contribution in [2.45, 2.75) is 77.2 Å². The molecule has 8 heteroatoms. The van der Waals surface area contributed by atoms with E-state index in [-0.39, 0.29) is 6.61 Å². The van der Waals surface area contributed by atoms with Crippen molar-refractivity contribution in [2.75, 3.05) is 13.2 Å². The summed E-state index contributed by atoms with van der Waals surface area (Å²) in [5, 5.41) is 17.5. The maximum Gasteiger partial charge on any atom is 0.529 e. The van der Waals surface area contributed by atoms with Crippen LogP contribution in [0.4, 0.5) is 0 Å². The van der Waals surface area contributed by atoms with Crippen molar-refractivity contribution >= 4 is 13.8 Å². The zero-order valence-electron chi connectivity index (χ0n) is 14.0. The lowest BCUT2D eigenvalue weighted by molar-refractivity contribution is -0.147. The minimum atomic E-state index is -4.51. The lowest BCUT2D eigenvalue weighted by Gasteiger charge is -2.13. The molecule has 0 aliphatic rings. The molecule has 0 saturated carbocycles. The van der Waals surface area contributed by atoms with E-state index in [1.54, 1.807) is 0 Å². The molecule has 0 heterocycles. The summed E-state index contributed by atoms with van der Waals surface area (Å²) in [7, 11) is -4.51. The van der Waals surface area contributed by atoms with Gasteiger partial charge in [-0.15, -0.1) is 0 Å². The third kappa shape index (κ3) is 13.7. The lowest BCUT2D eigenvalue weighted by Crippen LogP contribution is -2.25. The molecule has 0 aromatic rings. The van der Waals surface area contributed by atoms with E-state index in [0.29, 0.717) is 6.42 Å². The van der Waals surface area contributed by atoms with E-state index in [4.69, 9.17) is 10.2 Å². The van der Waals surface area contributed by atoms with E-state index in [9.17, 15) is 14.3 Å². The van der Waals surface area contributed by atoms with E-state index in [2.05, 4.69) is 16.0 Å². The van der Waals surface area contributed by atoms with Crippen LogP contribution in [0.2, 0.25) is 0 Å². The second kappa shape index (κ2) is 13.9. The van der Waals surface area contributed by atoms with Crippen LogP contribution in [0.15, 0.2) is 0 Å². The highest BCUT2D eigenvalue weighted by atomic mass is 31.2. The number of aliphatic hydroxyl groups excluding tert-OH is 2. The Morgan fingerprint density at radius 1 is 1.00 bits per heavy atom. The Labute approximate surface area is 138 Å². The van der Waals surface area contributed by atoms with E-state index >= 15 is 0 Å². The van der Waals surface area contributed by atoms with Crippen LogP contribution in [0.5, 0.6) is 0 Å². The molecule has 23 heavy (non-hydrogen) atoms. The Hall–Kier alpha value is -0.460. The van der Waals surface area contributed by atoms with Crippen molar-refractivity contribution < 1.29 is 33.5 Å². The Balaban J connectivity index is 3.52. The summed E-state index contributed by atoms with van der Waals surface area (Å²) in [6.07, 6.45) is 9.43. The van der Waals surface area contributed by atoms with Gasteiger partial charge in [-0.2, -0.15) is 0 Å². The Kier molecular flexibility index (Phi) is 13.7. The largest absolute Gasteiger partial charge is 0.529 e. The monoisotopic (exact) mass is 354 g/mol. The highest BCUT2D eigenvalue weighted by Gasteiger charge is 2.29. The molecule has 0 aromatic heterocycles. The number of unbranched alkanes of at least 4 members (excludes halogenated alkanes) is 9. The Bertz CT molecular complexity index is 349. The number of phosphoric ester groups is 1. The van der Waals surface area contributed by atoms with Gasteiger partial charge in [-0.3, -0.25) is 9.42 Å². The van der Waals surface area contributed by atoms with Crippen molar-refractivity contribution in [2.24, 2.45) is 0 Å². The van der Waals surface area contributed by atoms with Gasteiger partial charge < -0.3 is 14.7 Å². The second-order valence-corrected chi connectivity index (χ2v) is 6.97. The highest BCUT2D eigenvalue weighted by molar-refractivity contribution is 7.48. The normalized spacial score (nSPS) is 15.1. The standard InChI is InChI=1S/C15H31O7P/c1-2-3-4-5-6-7-8-9-10-11-12-21-23(19,20)22-15(18)14(17)13-16/h14,16-17H,2-13H2,1H3,(H,19,20). The van der Waals surface area contributed by atoms with Gasteiger partial charge >= 0.3 is 13.8 Å². The van der Waals surface area contributed by atoms with Crippen molar-refractivity contribution in [3.63, 3.8) is 0 Å². The minimum absolute atomic E-state index is 0.00672. The summed E-state index contributed by atoms with van der Waals surface area (Å²) in [6, 6.07) is 0. The topological polar surface area (TPSA) is 113 Å². The highest BCUT2D eigenvalue weighted by Crippen LogP contribution is 2.43. The van der Waals surface area contributed by atoms with Gasteiger partial charge in [0.05, 0.1) is 13.2 Å². The number of aliphatic hydroxyl groups is 2. The van der Waals surface area contributed by atoms with Crippen molar-refractivity contribution in [1.82, 2.24) is 0 Å². The van der Waals surface area contributed by atoms with Gasteiger partial charge in [-0.1, -0.05) is 64.7 Å². The lowest BCUT2D eigenvalue weighted by atomic mass is 10.1. The molecule has 0 bridgehead atoms. The molecule has 0 aromatic carbocycles. The van der Waals surface area contributed by atoms with Crippen LogP contribution in [0.1, 0.15) is 71.1 Å². The van der Waals surface area contributed by atoms with Crippen LogP contribution in [0.25, 0.3) is 0 Å². The second-order valence-electron chi connectivity index (χ2n) is 5.59. The molecule has 0 radical (unpaired) electrons. The summed E-state index contributed by atoms with van der Waals surface area (Å²) in [6.45, 7) is 1.33.